The SMILES string of the molecule is CCOc1ccccc1OCCn1c(CCNC(=O)C2CCCCC2)nc2ccccc21. The number of fused-ring (bicyclic) bond motifs is 1. The van der Waals surface area contributed by atoms with Gasteiger partial charge in [0.25, 0.3) is 0 Å². The minimum atomic E-state index is 0.182. The van der Waals surface area contributed by atoms with E-state index < -0.39 is 0 Å². The minimum Gasteiger partial charge on any atom is -0.490 e. The van der Waals surface area contributed by atoms with Crippen molar-refractivity contribution in [2.24, 2.45) is 5.92 Å². The third-order valence-electron chi connectivity index (χ3n) is 6.08. The number of imidazole rings is 1. The zero-order valence-corrected chi connectivity index (χ0v) is 18.9. The predicted molar refractivity (Wildman–Crippen MR) is 126 cm³/mol. The van der Waals surface area contributed by atoms with Gasteiger partial charge in [0, 0.05) is 18.9 Å². The van der Waals surface area contributed by atoms with Crippen LogP contribution in [0.15, 0.2) is 48.5 Å². The highest BCUT2D eigenvalue weighted by molar-refractivity contribution is 5.78. The van der Waals surface area contributed by atoms with E-state index in [4.69, 9.17) is 14.5 Å². The molecule has 1 aliphatic rings. The van der Waals surface area contributed by atoms with Crippen molar-refractivity contribution in [3.05, 3.63) is 54.4 Å². The first-order valence-corrected chi connectivity index (χ1v) is 11.8. The van der Waals surface area contributed by atoms with Crippen molar-refractivity contribution in [1.29, 1.82) is 0 Å². The summed E-state index contributed by atoms with van der Waals surface area (Å²) in [5, 5.41) is 3.14. The highest BCUT2D eigenvalue weighted by Crippen LogP contribution is 2.27. The molecule has 0 radical (unpaired) electrons. The van der Waals surface area contributed by atoms with Gasteiger partial charge in [0.15, 0.2) is 11.5 Å². The fourth-order valence-electron chi connectivity index (χ4n) is 4.46. The van der Waals surface area contributed by atoms with E-state index in [1.165, 1.54) is 19.3 Å². The number of amides is 1. The van der Waals surface area contributed by atoms with Crippen LogP contribution in [0, 0.1) is 5.92 Å². The monoisotopic (exact) mass is 435 g/mol. The lowest BCUT2D eigenvalue weighted by molar-refractivity contribution is -0.125. The molecular weight excluding hydrogens is 402 g/mol. The van der Waals surface area contributed by atoms with Gasteiger partial charge >= 0.3 is 0 Å². The molecule has 0 atom stereocenters. The van der Waals surface area contributed by atoms with Gasteiger partial charge in [-0.1, -0.05) is 43.5 Å². The van der Waals surface area contributed by atoms with Gasteiger partial charge in [0.05, 0.1) is 24.2 Å². The third kappa shape index (κ3) is 5.42. The number of nitrogens with zero attached hydrogens (tertiary/aromatic N) is 2. The number of ether oxygens (including phenoxy) is 2. The van der Waals surface area contributed by atoms with Crippen LogP contribution in [-0.4, -0.2) is 35.2 Å². The number of hydrogen-bond donors (Lipinski definition) is 1. The van der Waals surface area contributed by atoms with Gasteiger partial charge in [0.2, 0.25) is 5.91 Å². The molecule has 1 aliphatic carbocycles. The molecule has 0 unspecified atom stereocenters. The molecule has 2 aromatic carbocycles. The van der Waals surface area contributed by atoms with Crippen molar-refractivity contribution in [2.45, 2.75) is 52.0 Å². The van der Waals surface area contributed by atoms with E-state index >= 15 is 0 Å². The second-order valence-corrected chi connectivity index (χ2v) is 8.27. The van der Waals surface area contributed by atoms with E-state index in [2.05, 4.69) is 16.0 Å². The number of hydrogen-bond acceptors (Lipinski definition) is 4. The van der Waals surface area contributed by atoms with Crippen molar-refractivity contribution >= 4 is 16.9 Å². The third-order valence-corrected chi connectivity index (χ3v) is 6.08. The average Bonchev–Trinajstić information content (AvgIpc) is 3.18. The van der Waals surface area contributed by atoms with Crippen molar-refractivity contribution in [1.82, 2.24) is 14.9 Å². The number of benzene rings is 2. The van der Waals surface area contributed by atoms with Gasteiger partial charge < -0.3 is 19.4 Å². The van der Waals surface area contributed by atoms with Gasteiger partial charge in [-0.15, -0.1) is 0 Å². The Morgan fingerprint density at radius 2 is 1.75 bits per heavy atom. The van der Waals surface area contributed by atoms with Crippen LogP contribution in [0.2, 0.25) is 0 Å². The molecule has 1 amide bonds. The first-order valence-electron chi connectivity index (χ1n) is 11.8. The summed E-state index contributed by atoms with van der Waals surface area (Å²) in [5.74, 6) is 2.86. The largest absolute Gasteiger partial charge is 0.490 e. The van der Waals surface area contributed by atoms with Crippen LogP contribution < -0.4 is 14.8 Å². The maximum absolute atomic E-state index is 12.5. The van der Waals surface area contributed by atoms with E-state index in [9.17, 15) is 4.79 Å². The lowest BCUT2D eigenvalue weighted by Gasteiger charge is -2.20. The summed E-state index contributed by atoms with van der Waals surface area (Å²) in [6.45, 7) is 4.35. The second-order valence-electron chi connectivity index (χ2n) is 8.27. The fraction of sp³-hybridized carbons (Fsp3) is 0.462. The number of nitrogens with one attached hydrogen (secondary N) is 1. The van der Waals surface area contributed by atoms with Crippen LogP contribution in [0.1, 0.15) is 44.9 Å². The zero-order valence-electron chi connectivity index (χ0n) is 18.9. The Morgan fingerprint density at radius 1 is 1.03 bits per heavy atom. The molecule has 1 fully saturated rings. The molecule has 1 saturated carbocycles. The summed E-state index contributed by atoms with van der Waals surface area (Å²) in [4.78, 5) is 17.3. The lowest BCUT2D eigenvalue weighted by atomic mass is 9.89. The van der Waals surface area contributed by atoms with Gasteiger partial charge in [-0.25, -0.2) is 4.98 Å². The maximum atomic E-state index is 12.5. The van der Waals surface area contributed by atoms with E-state index in [-0.39, 0.29) is 11.8 Å². The molecule has 4 rings (SSSR count). The Bertz CT molecular complexity index is 1020. The Kier molecular flexibility index (Phi) is 7.64. The number of carbonyl (C=O) groups excluding carboxylic acids is 1. The Hall–Kier alpha value is -3.02. The van der Waals surface area contributed by atoms with Crippen LogP contribution >= 0.6 is 0 Å². The first kappa shape index (κ1) is 22.2. The molecule has 6 heteroatoms. The minimum absolute atomic E-state index is 0.182. The summed E-state index contributed by atoms with van der Waals surface area (Å²) in [6.07, 6.45) is 6.32. The summed E-state index contributed by atoms with van der Waals surface area (Å²) < 4.78 is 13.9. The fourth-order valence-corrected chi connectivity index (χ4v) is 4.46. The molecule has 0 saturated heterocycles. The first-order chi connectivity index (χ1) is 15.8. The molecule has 1 heterocycles. The summed E-state index contributed by atoms with van der Waals surface area (Å²) in [6, 6.07) is 15.9. The number of aromatic nitrogens is 2. The van der Waals surface area contributed by atoms with Crippen LogP contribution in [0.3, 0.4) is 0 Å². The molecule has 32 heavy (non-hydrogen) atoms. The topological polar surface area (TPSA) is 65.4 Å². The molecular formula is C26H33N3O3. The Morgan fingerprint density at radius 3 is 2.53 bits per heavy atom. The Balaban J connectivity index is 1.39. The van der Waals surface area contributed by atoms with Crippen molar-refractivity contribution in [2.75, 3.05) is 19.8 Å². The molecule has 6 nitrogen and oxygen atoms in total. The van der Waals surface area contributed by atoms with Gasteiger partial charge in [0.1, 0.15) is 12.4 Å². The lowest BCUT2D eigenvalue weighted by Crippen LogP contribution is -2.33. The van der Waals surface area contributed by atoms with Crippen LogP contribution in [0.25, 0.3) is 11.0 Å². The highest BCUT2D eigenvalue weighted by Gasteiger charge is 2.21. The van der Waals surface area contributed by atoms with Gasteiger partial charge in [-0.05, 0) is 44.0 Å². The van der Waals surface area contributed by atoms with E-state index in [0.29, 0.717) is 32.7 Å². The quantitative estimate of drug-likeness (QED) is 0.499. The zero-order chi connectivity index (χ0) is 22.2. The highest BCUT2D eigenvalue weighted by atomic mass is 16.5. The van der Waals surface area contributed by atoms with Gasteiger partial charge in [-0.2, -0.15) is 0 Å². The molecule has 0 aliphatic heterocycles. The summed E-state index contributed by atoms with van der Waals surface area (Å²) in [5.41, 5.74) is 2.05. The summed E-state index contributed by atoms with van der Waals surface area (Å²) >= 11 is 0. The number of rotatable bonds is 10. The molecule has 1 aromatic heterocycles. The molecule has 1 N–H and O–H groups in total. The molecule has 3 aromatic rings. The number of para-hydroxylation sites is 4. The smallest absolute Gasteiger partial charge is 0.223 e. The van der Waals surface area contributed by atoms with Crippen LogP contribution in [0.4, 0.5) is 0 Å². The standard InChI is InChI=1S/C26H33N3O3/c1-2-31-23-14-8-9-15-24(23)32-19-18-29-22-13-7-6-12-21(22)28-25(29)16-17-27-26(30)20-10-4-3-5-11-20/h6-9,12-15,20H,2-5,10-11,16-19H2,1H3,(H,27,30). The Labute approximate surface area is 189 Å². The van der Waals surface area contributed by atoms with E-state index in [1.807, 2.05) is 49.4 Å². The van der Waals surface area contributed by atoms with E-state index in [0.717, 1.165) is 41.2 Å². The molecule has 0 spiro atoms. The van der Waals surface area contributed by atoms with Crippen molar-refractivity contribution < 1.29 is 14.3 Å². The second kappa shape index (κ2) is 11.0. The van der Waals surface area contributed by atoms with Crippen LogP contribution in [-0.2, 0) is 17.8 Å². The number of carbonyl (C=O) groups is 1. The van der Waals surface area contributed by atoms with E-state index in [1.54, 1.807) is 0 Å². The predicted octanol–water partition coefficient (Wildman–Crippen LogP) is 4.75. The molecule has 0 bridgehead atoms. The molecule has 170 valence electrons. The normalized spacial score (nSPS) is 14.4. The van der Waals surface area contributed by atoms with Crippen molar-refractivity contribution in [3.8, 4) is 11.5 Å². The maximum Gasteiger partial charge on any atom is 0.223 e. The van der Waals surface area contributed by atoms with Gasteiger partial charge in [-0.3, -0.25) is 4.79 Å². The average molecular weight is 436 g/mol. The van der Waals surface area contributed by atoms with Crippen molar-refractivity contribution in [3.63, 3.8) is 0 Å². The van der Waals surface area contributed by atoms with Crippen LogP contribution in [0.5, 0.6) is 11.5 Å². The summed E-state index contributed by atoms with van der Waals surface area (Å²) in [7, 11) is 0.